The Morgan fingerprint density at radius 1 is 1.14 bits per heavy atom. The van der Waals surface area contributed by atoms with E-state index in [4.69, 9.17) is 9.72 Å². The number of carbonyl (C=O) groups excluding carboxylic acids is 3. The number of ether oxygens (including phenoxy) is 1. The van der Waals surface area contributed by atoms with Crippen LogP contribution in [0.4, 0.5) is 22.2 Å². The van der Waals surface area contributed by atoms with Gasteiger partial charge in [-0.2, -0.15) is 4.98 Å². The molecule has 1 saturated heterocycles. The molecule has 4 aromatic heterocycles. The first kappa shape index (κ1) is 26.7. The number of urea groups is 1. The van der Waals surface area contributed by atoms with Gasteiger partial charge in [0.15, 0.2) is 17.2 Å². The maximum absolute atomic E-state index is 12.9. The lowest BCUT2D eigenvalue weighted by molar-refractivity contribution is -0.124. The summed E-state index contributed by atoms with van der Waals surface area (Å²) >= 11 is 0. The highest BCUT2D eigenvalue weighted by Gasteiger charge is 2.46. The Hall–Kier alpha value is -5.14. The monoisotopic (exact) mass is 582 g/mol. The molecule has 0 radical (unpaired) electrons. The Kier molecular flexibility index (Phi) is 6.40. The third kappa shape index (κ3) is 5.08. The van der Waals surface area contributed by atoms with Crippen molar-refractivity contribution >= 4 is 40.9 Å². The van der Waals surface area contributed by atoms with Gasteiger partial charge in [-0.25, -0.2) is 24.7 Å². The summed E-state index contributed by atoms with van der Waals surface area (Å²) in [5.74, 6) is 1.34. The van der Waals surface area contributed by atoms with E-state index in [-0.39, 0.29) is 48.7 Å². The molecule has 14 nitrogen and oxygen atoms in total. The number of likely N-dealkylation sites (N-methyl/N-ethyl adjacent to an activating group) is 1. The molecule has 0 spiro atoms. The summed E-state index contributed by atoms with van der Waals surface area (Å²) in [6.07, 6.45) is 9.97. The average Bonchev–Trinajstić information content (AvgIpc) is 3.93. The van der Waals surface area contributed by atoms with Gasteiger partial charge in [-0.05, 0) is 49.8 Å². The minimum absolute atomic E-state index is 0.0220. The lowest BCUT2D eigenvalue weighted by Crippen LogP contribution is -2.30. The normalized spacial score (nSPS) is 19.7. The second kappa shape index (κ2) is 10.3. The smallest absolute Gasteiger partial charge is 0.331 e. The number of imidazole rings is 1. The molecule has 1 aliphatic heterocycles. The first-order chi connectivity index (χ1) is 20.8. The maximum atomic E-state index is 12.9. The highest BCUT2D eigenvalue weighted by molar-refractivity contribution is 6.13. The molecule has 0 aromatic carbocycles. The molecule has 2 N–H and O–H groups in total. The Morgan fingerprint density at radius 2 is 1.98 bits per heavy atom. The van der Waals surface area contributed by atoms with Crippen molar-refractivity contribution in [1.29, 1.82) is 0 Å². The number of aryl methyl sites for hydroxylation is 1. The van der Waals surface area contributed by atoms with E-state index in [1.165, 1.54) is 25.3 Å². The van der Waals surface area contributed by atoms with E-state index in [1.54, 1.807) is 6.20 Å². The zero-order chi connectivity index (χ0) is 29.8. The third-order valence-electron chi connectivity index (χ3n) is 8.05. The highest BCUT2D eigenvalue weighted by atomic mass is 16.5. The summed E-state index contributed by atoms with van der Waals surface area (Å²) in [5, 5.41) is 6.04. The van der Waals surface area contributed by atoms with Crippen molar-refractivity contribution in [2.24, 2.45) is 5.92 Å². The van der Waals surface area contributed by atoms with Crippen LogP contribution >= 0.6 is 0 Å². The largest absolute Gasteiger partial charge is 0.491 e. The van der Waals surface area contributed by atoms with Crippen molar-refractivity contribution in [2.75, 3.05) is 36.2 Å². The number of amides is 4. The van der Waals surface area contributed by atoms with E-state index in [0.717, 1.165) is 29.0 Å². The molecule has 2 aliphatic carbocycles. The van der Waals surface area contributed by atoms with Gasteiger partial charge in [0.25, 0.3) is 0 Å². The molecule has 3 aliphatic rings. The molecule has 0 bridgehead atoms. The molecule has 2 atom stereocenters. The Labute approximate surface area is 246 Å². The van der Waals surface area contributed by atoms with Gasteiger partial charge < -0.3 is 14.5 Å². The molecule has 2 saturated carbocycles. The summed E-state index contributed by atoms with van der Waals surface area (Å²) in [5.41, 5.74) is 3.85. The number of pyridine rings is 1. The van der Waals surface area contributed by atoms with Crippen LogP contribution in [0.25, 0.3) is 5.65 Å². The van der Waals surface area contributed by atoms with Crippen LogP contribution in [0.5, 0.6) is 5.75 Å². The Balaban J connectivity index is 1.09. The predicted molar refractivity (Wildman–Crippen MR) is 155 cm³/mol. The van der Waals surface area contributed by atoms with E-state index in [2.05, 4.69) is 30.6 Å². The third-order valence-corrected chi connectivity index (χ3v) is 8.05. The second-order valence-corrected chi connectivity index (χ2v) is 11.2. The van der Waals surface area contributed by atoms with Gasteiger partial charge in [0.05, 0.1) is 31.2 Å². The van der Waals surface area contributed by atoms with Crippen molar-refractivity contribution in [3.8, 4) is 5.75 Å². The fourth-order valence-corrected chi connectivity index (χ4v) is 5.36. The first-order valence-electron chi connectivity index (χ1n) is 14.1. The summed E-state index contributed by atoms with van der Waals surface area (Å²) in [6.45, 7) is 2.16. The van der Waals surface area contributed by atoms with Gasteiger partial charge in [0, 0.05) is 43.2 Å². The number of nitrogens with zero attached hydrogens (tertiary/aromatic N) is 8. The quantitative estimate of drug-likeness (QED) is 0.281. The summed E-state index contributed by atoms with van der Waals surface area (Å²) in [6, 6.07) is 3.43. The number of hydrogen-bond donors (Lipinski definition) is 2. The Morgan fingerprint density at radius 3 is 2.70 bits per heavy atom. The van der Waals surface area contributed by atoms with Gasteiger partial charge in [-0.15, -0.1) is 0 Å². The van der Waals surface area contributed by atoms with Crippen LogP contribution in [0.1, 0.15) is 53.9 Å². The number of rotatable bonds is 9. The molecular formula is C29H30N10O4. The molecule has 43 heavy (non-hydrogen) atoms. The number of aromatic nitrogens is 6. The average molecular weight is 583 g/mol. The number of hydrogen-bond acceptors (Lipinski definition) is 10. The Bertz CT molecular complexity index is 1780. The van der Waals surface area contributed by atoms with Crippen LogP contribution < -0.4 is 20.3 Å². The van der Waals surface area contributed by atoms with Gasteiger partial charge in [-0.1, -0.05) is 0 Å². The number of imide groups is 1. The maximum Gasteiger partial charge on any atom is 0.331 e. The molecule has 4 aromatic rings. The molecule has 14 heteroatoms. The van der Waals surface area contributed by atoms with Gasteiger partial charge in [0.1, 0.15) is 12.4 Å². The van der Waals surface area contributed by atoms with Crippen LogP contribution in [0.2, 0.25) is 0 Å². The number of carbonyl (C=O) groups is 3. The van der Waals surface area contributed by atoms with Crippen LogP contribution in [-0.2, 0) is 16.1 Å². The molecule has 220 valence electrons. The predicted octanol–water partition coefficient (Wildman–Crippen LogP) is 2.86. The molecule has 2 unspecified atom stereocenters. The number of methoxy groups -OCH3 is 1. The van der Waals surface area contributed by atoms with Crippen LogP contribution in [0, 0.1) is 12.8 Å². The minimum Gasteiger partial charge on any atom is -0.491 e. The molecule has 7 rings (SSSR count). The topological polar surface area (TPSA) is 160 Å². The van der Waals surface area contributed by atoms with Crippen LogP contribution in [0.3, 0.4) is 0 Å². The van der Waals surface area contributed by atoms with Crippen molar-refractivity contribution < 1.29 is 19.1 Å². The SMILES string of the molecule is COc1cnc(NC(=O)C2CC2c2nccc(C)n2)nc1NCc1cn2cc(C3CC3)cc(N3CC(=O)N(C)C3=O)c2n1. The molecule has 5 heterocycles. The lowest BCUT2D eigenvalue weighted by Gasteiger charge is -2.17. The summed E-state index contributed by atoms with van der Waals surface area (Å²) in [4.78, 5) is 62.9. The van der Waals surface area contributed by atoms with Crippen molar-refractivity contribution in [3.63, 3.8) is 0 Å². The van der Waals surface area contributed by atoms with E-state index in [1.807, 2.05) is 35.9 Å². The van der Waals surface area contributed by atoms with E-state index in [0.29, 0.717) is 46.8 Å². The van der Waals surface area contributed by atoms with E-state index in [9.17, 15) is 14.4 Å². The van der Waals surface area contributed by atoms with Gasteiger partial charge >= 0.3 is 6.03 Å². The van der Waals surface area contributed by atoms with Crippen LogP contribution in [0.15, 0.2) is 36.9 Å². The fraction of sp³-hybridized carbons (Fsp3) is 0.379. The molecular weight excluding hydrogens is 552 g/mol. The van der Waals surface area contributed by atoms with E-state index < -0.39 is 0 Å². The zero-order valence-electron chi connectivity index (χ0n) is 23.9. The summed E-state index contributed by atoms with van der Waals surface area (Å²) < 4.78 is 7.35. The number of fused-ring (bicyclic) bond motifs is 1. The van der Waals surface area contributed by atoms with E-state index >= 15 is 0 Å². The number of nitrogens with one attached hydrogen (secondary N) is 2. The van der Waals surface area contributed by atoms with Gasteiger partial charge in [-0.3, -0.25) is 24.7 Å². The highest BCUT2D eigenvalue weighted by Crippen LogP contribution is 2.46. The molecule has 4 amide bonds. The first-order valence-corrected chi connectivity index (χ1v) is 14.1. The van der Waals surface area contributed by atoms with Gasteiger partial charge in [0.2, 0.25) is 17.8 Å². The second-order valence-electron chi connectivity index (χ2n) is 11.2. The zero-order valence-corrected chi connectivity index (χ0v) is 23.9. The standard InChI is InChI=1S/C29H30N10O4/c1-15-6-7-30-24(33-15)19-9-20(19)27(41)36-28-32-11-22(43-3)25(35-28)31-10-18-13-38-12-17(16-4-5-16)8-21(26(38)34-18)39-14-23(40)37(2)29(39)42/h6-8,11-13,16,19-20H,4-5,9-10,14H2,1-3H3,(H2,31,32,35,36,41). The summed E-state index contributed by atoms with van der Waals surface area (Å²) in [7, 11) is 3.00. The van der Waals surface area contributed by atoms with Crippen molar-refractivity contribution in [3.05, 3.63) is 59.7 Å². The fourth-order valence-electron chi connectivity index (χ4n) is 5.36. The lowest BCUT2D eigenvalue weighted by atomic mass is 10.1. The minimum atomic E-state index is -0.369. The van der Waals surface area contributed by atoms with Crippen LogP contribution in [-0.4, -0.2) is 72.8 Å². The van der Waals surface area contributed by atoms with Crippen molar-refractivity contribution in [1.82, 2.24) is 34.2 Å². The molecule has 3 fully saturated rings. The number of anilines is 3. The van der Waals surface area contributed by atoms with Crippen molar-refractivity contribution in [2.45, 2.75) is 44.6 Å².